The summed E-state index contributed by atoms with van der Waals surface area (Å²) in [6.45, 7) is 6.66. The van der Waals surface area contributed by atoms with Gasteiger partial charge in [-0.2, -0.15) is 0 Å². The summed E-state index contributed by atoms with van der Waals surface area (Å²) in [5.74, 6) is 0.711. The third-order valence-corrected chi connectivity index (χ3v) is 3.94. The number of aliphatic hydroxyl groups excluding tert-OH is 1. The summed E-state index contributed by atoms with van der Waals surface area (Å²) in [5.41, 5.74) is 0. The maximum absolute atomic E-state index is 12.5. The molecule has 1 aromatic heterocycles. The molecule has 2 N–H and O–H groups in total. The highest BCUT2D eigenvalue weighted by Gasteiger charge is 2.40. The zero-order valence-corrected chi connectivity index (χ0v) is 13.6. The molecular formula is C14H26N6O2. The number of nitrogens with zero attached hydrogens (tertiary/aromatic N) is 5. The lowest BCUT2D eigenvalue weighted by molar-refractivity contribution is 0.132. The largest absolute Gasteiger partial charge is 0.394 e. The molecule has 1 aliphatic rings. The van der Waals surface area contributed by atoms with E-state index in [9.17, 15) is 9.90 Å². The fourth-order valence-electron chi connectivity index (χ4n) is 2.86. The average Bonchev–Trinajstić information content (AvgIpc) is 3.09. The molecule has 2 amide bonds. The summed E-state index contributed by atoms with van der Waals surface area (Å²) in [4.78, 5) is 14.2. The molecule has 8 heteroatoms. The van der Waals surface area contributed by atoms with Crippen molar-refractivity contribution in [1.82, 2.24) is 30.4 Å². The van der Waals surface area contributed by atoms with E-state index < -0.39 is 0 Å². The van der Waals surface area contributed by atoms with Gasteiger partial charge in [0, 0.05) is 12.6 Å². The lowest BCUT2D eigenvalue weighted by Crippen LogP contribution is -2.47. The number of aromatic nitrogens is 4. The fourth-order valence-corrected chi connectivity index (χ4v) is 2.86. The lowest BCUT2D eigenvalue weighted by Gasteiger charge is -2.29. The Bertz CT molecular complexity index is 489. The van der Waals surface area contributed by atoms with Crippen LogP contribution in [-0.4, -0.2) is 54.9 Å². The maximum atomic E-state index is 12.5. The van der Waals surface area contributed by atoms with Gasteiger partial charge in [0.1, 0.15) is 0 Å². The Morgan fingerprint density at radius 1 is 1.45 bits per heavy atom. The van der Waals surface area contributed by atoms with Crippen molar-refractivity contribution in [2.45, 2.75) is 71.1 Å². The zero-order chi connectivity index (χ0) is 16.1. The Balaban J connectivity index is 2.21. The summed E-state index contributed by atoms with van der Waals surface area (Å²) >= 11 is 0. The second-order valence-corrected chi connectivity index (χ2v) is 6.05. The number of unbranched alkanes of at least 4 members (excludes halogenated alkanes) is 1. The molecule has 1 aromatic rings. The van der Waals surface area contributed by atoms with Gasteiger partial charge in [0.05, 0.1) is 18.7 Å². The summed E-state index contributed by atoms with van der Waals surface area (Å²) < 4.78 is 1.78. The average molecular weight is 310 g/mol. The molecule has 0 spiro atoms. The van der Waals surface area contributed by atoms with Gasteiger partial charge in [0.15, 0.2) is 5.82 Å². The molecule has 0 unspecified atom stereocenters. The molecule has 2 atom stereocenters. The monoisotopic (exact) mass is 310 g/mol. The second-order valence-electron chi connectivity index (χ2n) is 6.05. The number of hydrogen-bond donors (Lipinski definition) is 2. The minimum absolute atomic E-state index is 0.0431. The molecule has 0 aliphatic carbocycles. The van der Waals surface area contributed by atoms with E-state index >= 15 is 0 Å². The van der Waals surface area contributed by atoms with Crippen LogP contribution in [0.3, 0.4) is 0 Å². The standard InChI is InChI=1S/C14H26N6O2/c1-4-5-8-19-13(16-17-18-19)12-7-6-11(9-21)20(12)14(22)15-10(2)3/h10-12,21H,4-9H2,1-3H3,(H,15,22)/t11-,12-/m0/s1. The van der Waals surface area contributed by atoms with Crippen LogP contribution >= 0.6 is 0 Å². The molecular weight excluding hydrogens is 284 g/mol. The Hall–Kier alpha value is -1.70. The molecule has 1 saturated heterocycles. The van der Waals surface area contributed by atoms with Crippen molar-refractivity contribution < 1.29 is 9.90 Å². The smallest absolute Gasteiger partial charge is 0.318 e. The van der Waals surface area contributed by atoms with Crippen LogP contribution in [0, 0.1) is 0 Å². The number of amides is 2. The first-order valence-corrected chi connectivity index (χ1v) is 8.04. The molecule has 0 aromatic carbocycles. The highest BCUT2D eigenvalue weighted by molar-refractivity contribution is 5.75. The number of tetrazole rings is 1. The van der Waals surface area contributed by atoms with Crippen LogP contribution in [0.15, 0.2) is 0 Å². The molecule has 0 radical (unpaired) electrons. The van der Waals surface area contributed by atoms with E-state index in [4.69, 9.17) is 0 Å². The van der Waals surface area contributed by atoms with Gasteiger partial charge in [-0.05, 0) is 43.5 Å². The van der Waals surface area contributed by atoms with Gasteiger partial charge in [0.2, 0.25) is 0 Å². The van der Waals surface area contributed by atoms with Gasteiger partial charge in [-0.25, -0.2) is 9.48 Å². The van der Waals surface area contributed by atoms with Crippen LogP contribution < -0.4 is 5.32 Å². The van der Waals surface area contributed by atoms with Crippen LogP contribution in [-0.2, 0) is 6.54 Å². The highest BCUT2D eigenvalue weighted by Crippen LogP contribution is 2.34. The first-order chi connectivity index (χ1) is 10.6. The molecule has 124 valence electrons. The molecule has 0 bridgehead atoms. The molecule has 2 heterocycles. The molecule has 22 heavy (non-hydrogen) atoms. The summed E-state index contributed by atoms with van der Waals surface area (Å²) in [6, 6.07) is -0.478. The van der Waals surface area contributed by atoms with Gasteiger partial charge >= 0.3 is 6.03 Å². The third-order valence-electron chi connectivity index (χ3n) is 3.94. The second kappa shape index (κ2) is 7.53. The summed E-state index contributed by atoms with van der Waals surface area (Å²) in [7, 11) is 0. The fraction of sp³-hybridized carbons (Fsp3) is 0.857. The number of rotatable bonds is 6. The quantitative estimate of drug-likeness (QED) is 0.820. The Morgan fingerprint density at radius 2 is 2.23 bits per heavy atom. The SMILES string of the molecule is CCCCn1nnnc1[C@@H]1CC[C@@H](CO)N1C(=O)NC(C)C. The number of aliphatic hydroxyl groups is 1. The Kier molecular flexibility index (Phi) is 5.70. The van der Waals surface area contributed by atoms with Gasteiger partial charge in [-0.3, -0.25) is 0 Å². The first-order valence-electron chi connectivity index (χ1n) is 8.04. The molecule has 8 nitrogen and oxygen atoms in total. The molecule has 0 saturated carbocycles. The number of aryl methyl sites for hydroxylation is 1. The van der Waals surface area contributed by atoms with Gasteiger partial charge in [0.25, 0.3) is 0 Å². The lowest BCUT2D eigenvalue weighted by atomic mass is 10.2. The molecule has 1 aliphatic heterocycles. The molecule has 1 fully saturated rings. The van der Waals surface area contributed by atoms with E-state index in [1.807, 2.05) is 13.8 Å². The van der Waals surface area contributed by atoms with E-state index in [1.54, 1.807) is 9.58 Å². The van der Waals surface area contributed by atoms with Crippen molar-refractivity contribution in [3.63, 3.8) is 0 Å². The van der Waals surface area contributed by atoms with Gasteiger partial charge < -0.3 is 15.3 Å². The molecule has 2 rings (SSSR count). The van der Waals surface area contributed by atoms with Crippen molar-refractivity contribution in [2.75, 3.05) is 6.61 Å². The number of carbonyl (C=O) groups is 1. The van der Waals surface area contributed by atoms with E-state index in [0.717, 1.165) is 32.2 Å². The minimum Gasteiger partial charge on any atom is -0.394 e. The van der Waals surface area contributed by atoms with Crippen molar-refractivity contribution in [3.05, 3.63) is 5.82 Å². The van der Waals surface area contributed by atoms with Crippen LogP contribution in [0.1, 0.15) is 58.3 Å². The van der Waals surface area contributed by atoms with E-state index in [-0.39, 0.29) is 30.8 Å². The third kappa shape index (κ3) is 3.55. The van der Waals surface area contributed by atoms with Crippen molar-refractivity contribution >= 4 is 6.03 Å². The number of carbonyl (C=O) groups excluding carboxylic acids is 1. The maximum Gasteiger partial charge on any atom is 0.318 e. The van der Waals surface area contributed by atoms with Crippen molar-refractivity contribution in [2.24, 2.45) is 0 Å². The first kappa shape index (κ1) is 16.7. The number of hydrogen-bond acceptors (Lipinski definition) is 5. The van der Waals surface area contributed by atoms with Crippen LogP contribution in [0.25, 0.3) is 0 Å². The van der Waals surface area contributed by atoms with Crippen LogP contribution in [0.4, 0.5) is 4.79 Å². The summed E-state index contributed by atoms with van der Waals surface area (Å²) in [6.07, 6.45) is 3.57. The van der Waals surface area contributed by atoms with E-state index in [0.29, 0.717) is 5.82 Å². The zero-order valence-electron chi connectivity index (χ0n) is 13.6. The van der Waals surface area contributed by atoms with Gasteiger partial charge in [-0.15, -0.1) is 5.10 Å². The number of urea groups is 1. The van der Waals surface area contributed by atoms with E-state index in [2.05, 4.69) is 27.8 Å². The Labute approximate surface area is 130 Å². The highest BCUT2D eigenvalue weighted by atomic mass is 16.3. The van der Waals surface area contributed by atoms with Gasteiger partial charge in [-0.1, -0.05) is 13.3 Å². The predicted molar refractivity (Wildman–Crippen MR) is 81.1 cm³/mol. The van der Waals surface area contributed by atoms with Crippen LogP contribution in [0.2, 0.25) is 0 Å². The normalized spacial score (nSPS) is 21.6. The summed E-state index contributed by atoms with van der Waals surface area (Å²) in [5, 5.41) is 24.4. The van der Waals surface area contributed by atoms with Crippen LogP contribution in [0.5, 0.6) is 0 Å². The number of likely N-dealkylation sites (tertiary alicyclic amines) is 1. The number of nitrogens with one attached hydrogen (secondary N) is 1. The Morgan fingerprint density at radius 3 is 2.86 bits per heavy atom. The van der Waals surface area contributed by atoms with Crippen molar-refractivity contribution in [1.29, 1.82) is 0 Å². The predicted octanol–water partition coefficient (Wildman–Crippen LogP) is 1.09. The minimum atomic E-state index is -0.180. The van der Waals surface area contributed by atoms with Crippen molar-refractivity contribution in [3.8, 4) is 0 Å². The topological polar surface area (TPSA) is 96.2 Å². The van der Waals surface area contributed by atoms with E-state index in [1.165, 1.54) is 0 Å².